The van der Waals surface area contributed by atoms with Crippen LogP contribution in [0.25, 0.3) is 16.7 Å². The zero-order valence-electron chi connectivity index (χ0n) is 35.4. The van der Waals surface area contributed by atoms with Crippen LogP contribution in [0.2, 0.25) is 0 Å². The van der Waals surface area contributed by atoms with Crippen molar-refractivity contribution in [2.24, 2.45) is 23.7 Å². The van der Waals surface area contributed by atoms with Gasteiger partial charge < -0.3 is 24.4 Å². The van der Waals surface area contributed by atoms with Gasteiger partial charge in [0, 0.05) is 30.3 Å². The SMILES string of the molecule is C=C(C)C(=O)OCCCc1cc(-c2ccc(C3=CCC(C4CCC(CCCCC)CC4)C=C3)c(CC)c2)cc(CCCOC(=O)C(=C)C)c1OCCC(CO)CO. The van der Waals surface area contributed by atoms with Crippen LogP contribution < -0.4 is 4.74 Å². The van der Waals surface area contributed by atoms with Crippen LogP contribution >= 0.6 is 0 Å². The fourth-order valence-electron chi connectivity index (χ4n) is 8.27. The van der Waals surface area contributed by atoms with E-state index in [1.165, 1.54) is 68.1 Å². The molecule has 1 unspecified atom stereocenters. The predicted molar refractivity (Wildman–Crippen MR) is 232 cm³/mol. The van der Waals surface area contributed by atoms with Crippen LogP contribution in [0.15, 0.2) is 72.9 Å². The highest BCUT2D eigenvalue weighted by atomic mass is 16.5. The van der Waals surface area contributed by atoms with Crippen molar-refractivity contribution in [3.63, 3.8) is 0 Å². The van der Waals surface area contributed by atoms with Gasteiger partial charge in [-0.3, -0.25) is 0 Å². The second kappa shape index (κ2) is 24.1. The molecule has 0 bridgehead atoms. The quantitative estimate of drug-likeness (QED) is 0.0621. The average molecular weight is 783 g/mol. The van der Waals surface area contributed by atoms with E-state index >= 15 is 0 Å². The molecule has 1 atom stereocenters. The Hall–Kier alpha value is -3.94. The van der Waals surface area contributed by atoms with Crippen LogP contribution in [0.1, 0.15) is 127 Å². The second-order valence-electron chi connectivity index (χ2n) is 16.5. The van der Waals surface area contributed by atoms with E-state index in [-0.39, 0.29) is 32.3 Å². The number of benzene rings is 2. The molecule has 0 spiro atoms. The molecule has 0 heterocycles. The lowest BCUT2D eigenvalue weighted by Gasteiger charge is -2.33. The molecule has 1 saturated carbocycles. The number of esters is 2. The highest BCUT2D eigenvalue weighted by Gasteiger charge is 2.27. The molecule has 7 nitrogen and oxygen atoms in total. The van der Waals surface area contributed by atoms with E-state index in [0.29, 0.717) is 55.8 Å². The maximum Gasteiger partial charge on any atom is 0.333 e. The van der Waals surface area contributed by atoms with Gasteiger partial charge in [0.2, 0.25) is 0 Å². The fourth-order valence-corrected chi connectivity index (χ4v) is 8.27. The first-order chi connectivity index (χ1) is 27.6. The molecule has 0 radical (unpaired) electrons. The van der Waals surface area contributed by atoms with E-state index in [2.05, 4.69) is 75.6 Å². The van der Waals surface area contributed by atoms with Gasteiger partial charge in [-0.15, -0.1) is 0 Å². The van der Waals surface area contributed by atoms with Gasteiger partial charge in [0.15, 0.2) is 0 Å². The highest BCUT2D eigenvalue weighted by molar-refractivity contribution is 5.87. The van der Waals surface area contributed by atoms with Crippen molar-refractivity contribution < 1.29 is 34.0 Å². The van der Waals surface area contributed by atoms with Crippen molar-refractivity contribution in [3.8, 4) is 16.9 Å². The third-order valence-electron chi connectivity index (χ3n) is 11.9. The van der Waals surface area contributed by atoms with Crippen molar-refractivity contribution in [3.05, 3.63) is 95.1 Å². The number of ether oxygens (including phenoxy) is 3. The topological polar surface area (TPSA) is 102 Å². The molecule has 7 heteroatoms. The molecule has 0 aromatic heterocycles. The summed E-state index contributed by atoms with van der Waals surface area (Å²) in [6.07, 6.45) is 23.2. The van der Waals surface area contributed by atoms with Crippen LogP contribution in [0.4, 0.5) is 0 Å². The Morgan fingerprint density at radius 3 is 1.93 bits per heavy atom. The first-order valence-electron chi connectivity index (χ1n) is 21.8. The standard InChI is InChI=1S/C50H70O7/c1-7-9-10-13-37-16-18-40(19-17-37)41-20-22-42(23-21-41)47-25-24-43(30-39(47)8-2)46-31-44(14-11-27-56-49(53)35(3)4)48(55-29-26-38(33-51)34-52)45(32-46)15-12-28-57-50(54)36(5)6/h20,22-25,30-32,37-38,40-41,51-52H,3,5,7-19,21,26-29,33-34H2,1-2,4,6H3. The van der Waals surface area contributed by atoms with Gasteiger partial charge in [0.1, 0.15) is 5.75 Å². The Morgan fingerprint density at radius 1 is 0.789 bits per heavy atom. The van der Waals surface area contributed by atoms with Crippen molar-refractivity contribution >= 4 is 17.5 Å². The largest absolute Gasteiger partial charge is 0.493 e. The molecular formula is C50H70O7. The van der Waals surface area contributed by atoms with E-state index < -0.39 is 11.9 Å². The van der Waals surface area contributed by atoms with Gasteiger partial charge in [-0.25, -0.2) is 9.59 Å². The summed E-state index contributed by atoms with van der Waals surface area (Å²) >= 11 is 0. The van der Waals surface area contributed by atoms with Gasteiger partial charge in [-0.1, -0.05) is 102 Å². The number of aryl methyl sites for hydroxylation is 3. The third kappa shape index (κ3) is 14.1. The molecule has 0 saturated heterocycles. The molecule has 57 heavy (non-hydrogen) atoms. The number of aliphatic hydroxyl groups is 2. The van der Waals surface area contributed by atoms with Gasteiger partial charge in [-0.2, -0.15) is 0 Å². The van der Waals surface area contributed by atoms with Gasteiger partial charge in [-0.05, 0) is 140 Å². The van der Waals surface area contributed by atoms with Crippen LogP contribution in [-0.4, -0.2) is 55.2 Å². The predicted octanol–water partition coefficient (Wildman–Crippen LogP) is 10.7. The van der Waals surface area contributed by atoms with Crippen molar-refractivity contribution in [1.29, 1.82) is 0 Å². The minimum absolute atomic E-state index is 0.121. The molecule has 2 aliphatic rings. The summed E-state index contributed by atoms with van der Waals surface area (Å²) in [5.41, 5.74) is 8.77. The maximum absolute atomic E-state index is 12.1. The average Bonchev–Trinajstić information content (AvgIpc) is 3.23. The molecule has 2 aliphatic carbocycles. The summed E-state index contributed by atoms with van der Waals surface area (Å²) in [5, 5.41) is 19.4. The number of carbonyl (C=O) groups is 2. The lowest BCUT2D eigenvalue weighted by molar-refractivity contribution is -0.139. The second-order valence-corrected chi connectivity index (χ2v) is 16.5. The van der Waals surface area contributed by atoms with Crippen LogP contribution in [0, 0.1) is 23.7 Å². The Morgan fingerprint density at radius 2 is 1.40 bits per heavy atom. The first-order valence-corrected chi connectivity index (χ1v) is 21.8. The lowest BCUT2D eigenvalue weighted by Crippen LogP contribution is -2.21. The number of unbranched alkanes of at least 4 members (excludes halogenated alkanes) is 2. The zero-order valence-corrected chi connectivity index (χ0v) is 35.4. The summed E-state index contributed by atoms with van der Waals surface area (Å²) in [7, 11) is 0. The third-order valence-corrected chi connectivity index (χ3v) is 11.9. The van der Waals surface area contributed by atoms with Crippen LogP contribution in [0.5, 0.6) is 5.75 Å². The van der Waals surface area contributed by atoms with Gasteiger partial charge in [0.25, 0.3) is 0 Å². The minimum atomic E-state index is -0.407. The Labute approximate surface area is 343 Å². The summed E-state index contributed by atoms with van der Waals surface area (Å²) < 4.78 is 17.3. The van der Waals surface area contributed by atoms with Crippen LogP contribution in [-0.2, 0) is 38.3 Å². The number of carbonyl (C=O) groups excluding carboxylic acids is 2. The summed E-state index contributed by atoms with van der Waals surface area (Å²) in [5.74, 6) is 2.03. The fraction of sp³-hybridized carbons (Fsp3) is 0.560. The first kappa shape index (κ1) is 45.8. The smallest absolute Gasteiger partial charge is 0.333 e. The highest BCUT2D eigenvalue weighted by Crippen LogP contribution is 2.41. The Bertz CT molecular complexity index is 1630. The molecule has 4 rings (SSSR count). The minimum Gasteiger partial charge on any atom is -0.493 e. The number of hydrogen-bond acceptors (Lipinski definition) is 7. The van der Waals surface area contributed by atoms with Crippen molar-refractivity contribution in [1.82, 2.24) is 0 Å². The molecule has 2 aromatic rings. The van der Waals surface area contributed by atoms with E-state index in [1.807, 2.05) is 0 Å². The monoisotopic (exact) mass is 783 g/mol. The molecule has 0 aliphatic heterocycles. The van der Waals surface area contributed by atoms with E-state index in [1.54, 1.807) is 13.8 Å². The number of rotatable bonds is 24. The molecule has 2 aromatic carbocycles. The molecule has 1 fully saturated rings. The molecule has 312 valence electrons. The number of aliphatic hydroxyl groups excluding tert-OH is 2. The molecule has 2 N–H and O–H groups in total. The zero-order chi connectivity index (χ0) is 41.2. The van der Waals surface area contributed by atoms with E-state index in [0.717, 1.165) is 52.7 Å². The normalized spacial score (nSPS) is 17.9. The summed E-state index contributed by atoms with van der Waals surface area (Å²) in [6.45, 7) is 15.7. The van der Waals surface area contributed by atoms with E-state index in [4.69, 9.17) is 14.2 Å². The van der Waals surface area contributed by atoms with Crippen molar-refractivity contribution in [2.75, 3.05) is 33.0 Å². The van der Waals surface area contributed by atoms with Crippen LogP contribution in [0.3, 0.4) is 0 Å². The summed E-state index contributed by atoms with van der Waals surface area (Å²) in [6, 6.07) is 11.2. The van der Waals surface area contributed by atoms with Gasteiger partial charge >= 0.3 is 11.9 Å². The lowest BCUT2D eigenvalue weighted by atomic mass is 9.72. The number of hydrogen-bond donors (Lipinski definition) is 2. The molecule has 0 amide bonds. The number of allylic oxidation sites excluding steroid dienone is 4. The van der Waals surface area contributed by atoms with Gasteiger partial charge in [0.05, 0.1) is 19.8 Å². The van der Waals surface area contributed by atoms with E-state index in [9.17, 15) is 19.8 Å². The Balaban J connectivity index is 1.58. The van der Waals surface area contributed by atoms with Crippen molar-refractivity contribution in [2.45, 2.75) is 124 Å². The Kier molecular flexibility index (Phi) is 19.3. The molecular weight excluding hydrogens is 713 g/mol. The summed E-state index contributed by atoms with van der Waals surface area (Å²) in [4.78, 5) is 24.2. The maximum atomic E-state index is 12.1.